The summed E-state index contributed by atoms with van der Waals surface area (Å²) in [5.74, 6) is 1.04. The van der Waals surface area contributed by atoms with Crippen LogP contribution in [0.5, 0.6) is 5.75 Å². The second-order valence-electron chi connectivity index (χ2n) is 5.73. The van der Waals surface area contributed by atoms with Gasteiger partial charge < -0.3 is 14.8 Å². The molecule has 1 aromatic heterocycles. The number of nitrogens with one attached hydrogen (secondary N) is 1. The second kappa shape index (κ2) is 7.38. The Balaban J connectivity index is 1.99. The van der Waals surface area contributed by atoms with Gasteiger partial charge in [-0.25, -0.2) is 9.48 Å². The lowest BCUT2D eigenvalue weighted by atomic mass is 9.96. The molecule has 2 aromatic rings. The Kier molecular flexibility index (Phi) is 5.02. The smallest absolute Gasteiger partial charge is 0.338 e. The van der Waals surface area contributed by atoms with Crippen molar-refractivity contribution in [2.75, 3.05) is 18.5 Å². The lowest BCUT2D eigenvalue weighted by Gasteiger charge is -2.28. The van der Waals surface area contributed by atoms with Crippen molar-refractivity contribution in [2.45, 2.75) is 33.2 Å². The summed E-state index contributed by atoms with van der Waals surface area (Å²) in [4.78, 5) is 16.7. The number of ether oxygens (including phenoxy) is 2. The molecular weight excluding hydrogens is 320 g/mol. The molecule has 0 saturated carbocycles. The van der Waals surface area contributed by atoms with Crippen LogP contribution in [0.15, 0.2) is 41.9 Å². The number of hydrogen-bond donors (Lipinski definition) is 1. The molecule has 2 heterocycles. The van der Waals surface area contributed by atoms with E-state index >= 15 is 0 Å². The van der Waals surface area contributed by atoms with Gasteiger partial charge in [-0.2, -0.15) is 10.1 Å². The Morgan fingerprint density at radius 1 is 1.28 bits per heavy atom. The highest BCUT2D eigenvalue weighted by Crippen LogP contribution is 2.35. The van der Waals surface area contributed by atoms with Gasteiger partial charge in [0.1, 0.15) is 18.1 Å². The van der Waals surface area contributed by atoms with Crippen LogP contribution >= 0.6 is 0 Å². The van der Waals surface area contributed by atoms with Gasteiger partial charge >= 0.3 is 5.97 Å². The number of benzene rings is 1. The standard InChI is InChI=1S/C18H22N4O3/c1-4-10-25-14-8-6-13(7-9-14)16-15(17(23)24-5-2)12(3)21-18-19-11-20-22(16)18/h6-9,11,16H,4-5,10H2,1-3H3,(H,19,20,21). The molecule has 1 aromatic carbocycles. The van der Waals surface area contributed by atoms with Gasteiger partial charge in [-0.05, 0) is 38.0 Å². The molecular formula is C18H22N4O3. The van der Waals surface area contributed by atoms with Crippen molar-refractivity contribution in [1.29, 1.82) is 0 Å². The number of nitrogens with zero attached hydrogens (tertiary/aromatic N) is 3. The molecule has 7 nitrogen and oxygen atoms in total. The summed E-state index contributed by atoms with van der Waals surface area (Å²) >= 11 is 0. The first-order valence-electron chi connectivity index (χ1n) is 8.42. The molecule has 0 amide bonds. The van der Waals surface area contributed by atoms with Crippen molar-refractivity contribution in [3.63, 3.8) is 0 Å². The van der Waals surface area contributed by atoms with E-state index in [2.05, 4.69) is 22.3 Å². The number of rotatable bonds is 6. The van der Waals surface area contributed by atoms with Gasteiger partial charge in [0.25, 0.3) is 0 Å². The van der Waals surface area contributed by atoms with Gasteiger partial charge in [0.2, 0.25) is 5.95 Å². The molecule has 3 rings (SSSR count). The third kappa shape index (κ3) is 3.35. The van der Waals surface area contributed by atoms with Crippen LogP contribution in [0, 0.1) is 0 Å². The minimum atomic E-state index is -0.391. The molecule has 0 fully saturated rings. The average molecular weight is 342 g/mol. The number of allylic oxidation sites excluding steroid dienone is 1. The SMILES string of the molecule is CCCOc1ccc(C2C(C(=O)OCC)=C(C)Nc3ncnn32)cc1. The Morgan fingerprint density at radius 2 is 2.04 bits per heavy atom. The molecule has 7 heteroatoms. The third-order valence-electron chi connectivity index (χ3n) is 3.96. The summed E-state index contributed by atoms with van der Waals surface area (Å²) in [7, 11) is 0. The van der Waals surface area contributed by atoms with E-state index < -0.39 is 6.04 Å². The highest BCUT2D eigenvalue weighted by molar-refractivity contribution is 5.92. The maximum absolute atomic E-state index is 12.5. The first-order valence-corrected chi connectivity index (χ1v) is 8.42. The summed E-state index contributed by atoms with van der Waals surface area (Å²) in [6, 6.07) is 7.31. The van der Waals surface area contributed by atoms with E-state index in [1.165, 1.54) is 6.33 Å². The van der Waals surface area contributed by atoms with Crippen molar-refractivity contribution in [3.8, 4) is 5.75 Å². The average Bonchev–Trinajstić information content (AvgIpc) is 3.07. The van der Waals surface area contributed by atoms with Crippen LogP contribution in [0.3, 0.4) is 0 Å². The number of esters is 1. The van der Waals surface area contributed by atoms with Gasteiger partial charge in [0.05, 0.1) is 18.8 Å². The molecule has 1 N–H and O–H groups in total. The van der Waals surface area contributed by atoms with E-state index in [1.807, 2.05) is 31.2 Å². The van der Waals surface area contributed by atoms with Crippen molar-refractivity contribution in [2.24, 2.45) is 0 Å². The number of carbonyl (C=O) groups excluding carboxylic acids is 1. The zero-order valence-corrected chi connectivity index (χ0v) is 14.7. The van der Waals surface area contributed by atoms with Crippen molar-refractivity contribution < 1.29 is 14.3 Å². The second-order valence-corrected chi connectivity index (χ2v) is 5.73. The highest BCUT2D eigenvalue weighted by atomic mass is 16.5. The van der Waals surface area contributed by atoms with Gasteiger partial charge in [0, 0.05) is 5.70 Å². The van der Waals surface area contributed by atoms with Crippen LogP contribution in [0.4, 0.5) is 5.95 Å². The van der Waals surface area contributed by atoms with Crippen LogP contribution in [0.25, 0.3) is 0 Å². The minimum absolute atomic E-state index is 0.316. The molecule has 1 aliphatic heterocycles. The number of carbonyl (C=O) groups is 1. The molecule has 1 unspecified atom stereocenters. The normalized spacial score (nSPS) is 16.2. The zero-order chi connectivity index (χ0) is 17.8. The molecule has 132 valence electrons. The molecule has 0 spiro atoms. The fourth-order valence-corrected chi connectivity index (χ4v) is 2.84. The first-order chi connectivity index (χ1) is 12.2. The predicted molar refractivity (Wildman–Crippen MR) is 93.3 cm³/mol. The van der Waals surface area contributed by atoms with E-state index in [-0.39, 0.29) is 5.97 Å². The summed E-state index contributed by atoms with van der Waals surface area (Å²) < 4.78 is 12.6. The number of hydrogen-bond acceptors (Lipinski definition) is 6. The predicted octanol–water partition coefficient (Wildman–Crippen LogP) is 2.92. The van der Waals surface area contributed by atoms with E-state index in [1.54, 1.807) is 11.6 Å². The van der Waals surface area contributed by atoms with E-state index in [4.69, 9.17) is 9.47 Å². The lowest BCUT2D eigenvalue weighted by molar-refractivity contribution is -0.139. The number of fused-ring (bicyclic) bond motifs is 1. The van der Waals surface area contributed by atoms with Crippen molar-refractivity contribution in [3.05, 3.63) is 47.4 Å². The zero-order valence-electron chi connectivity index (χ0n) is 14.7. The van der Waals surface area contributed by atoms with Crippen molar-refractivity contribution in [1.82, 2.24) is 14.8 Å². The monoisotopic (exact) mass is 342 g/mol. The molecule has 0 bridgehead atoms. The fourth-order valence-electron chi connectivity index (χ4n) is 2.84. The maximum atomic E-state index is 12.5. The lowest BCUT2D eigenvalue weighted by Crippen LogP contribution is -2.29. The van der Waals surface area contributed by atoms with Gasteiger partial charge in [-0.15, -0.1) is 0 Å². The maximum Gasteiger partial charge on any atom is 0.338 e. The Morgan fingerprint density at radius 3 is 2.72 bits per heavy atom. The molecule has 0 saturated heterocycles. The van der Waals surface area contributed by atoms with Gasteiger partial charge in [-0.1, -0.05) is 19.1 Å². The number of anilines is 1. The Bertz CT molecular complexity index is 780. The Hall–Kier alpha value is -2.83. The highest BCUT2D eigenvalue weighted by Gasteiger charge is 2.34. The molecule has 0 aliphatic carbocycles. The summed E-state index contributed by atoms with van der Waals surface area (Å²) in [6.07, 6.45) is 2.42. The van der Waals surface area contributed by atoms with Crippen LogP contribution in [-0.2, 0) is 9.53 Å². The first kappa shape index (κ1) is 17.0. The van der Waals surface area contributed by atoms with E-state index in [0.29, 0.717) is 24.7 Å². The molecule has 1 atom stereocenters. The third-order valence-corrected chi connectivity index (χ3v) is 3.96. The number of aromatic nitrogens is 3. The van der Waals surface area contributed by atoms with Gasteiger partial charge in [0.15, 0.2) is 0 Å². The van der Waals surface area contributed by atoms with Crippen LogP contribution in [0.2, 0.25) is 0 Å². The van der Waals surface area contributed by atoms with Gasteiger partial charge in [-0.3, -0.25) is 0 Å². The fraction of sp³-hybridized carbons (Fsp3) is 0.389. The summed E-state index contributed by atoms with van der Waals surface area (Å²) in [6.45, 7) is 6.69. The summed E-state index contributed by atoms with van der Waals surface area (Å²) in [5, 5.41) is 7.40. The molecule has 1 aliphatic rings. The van der Waals surface area contributed by atoms with Crippen molar-refractivity contribution >= 4 is 11.9 Å². The minimum Gasteiger partial charge on any atom is -0.494 e. The quantitative estimate of drug-likeness (QED) is 0.813. The van der Waals surface area contributed by atoms with E-state index in [9.17, 15) is 4.79 Å². The van der Waals surface area contributed by atoms with Crippen LogP contribution in [0.1, 0.15) is 38.8 Å². The largest absolute Gasteiger partial charge is 0.494 e. The van der Waals surface area contributed by atoms with Crippen LogP contribution in [-0.4, -0.2) is 33.9 Å². The topological polar surface area (TPSA) is 78.3 Å². The molecule has 25 heavy (non-hydrogen) atoms. The van der Waals surface area contributed by atoms with Crippen LogP contribution < -0.4 is 10.1 Å². The molecule has 0 radical (unpaired) electrons. The Labute approximate surface area is 146 Å². The van der Waals surface area contributed by atoms with E-state index in [0.717, 1.165) is 23.4 Å². The summed E-state index contributed by atoms with van der Waals surface area (Å²) in [5.41, 5.74) is 2.16.